The molecule has 1 rings (SSSR count). The molecule has 0 aliphatic carbocycles. The number of aliphatic hydroxyl groups excluding tert-OH is 1. The molecule has 10 nitrogen and oxygen atoms in total. The molecule has 2 N–H and O–H groups in total. The molecule has 0 amide bonds. The number of ether oxygens (including phenoxy) is 1. The van der Waals surface area contributed by atoms with Crippen molar-refractivity contribution in [2.75, 3.05) is 27.5 Å². The number of rotatable bonds is 13. The van der Waals surface area contributed by atoms with Gasteiger partial charge in [0.25, 0.3) is 7.37 Å². The Hall–Kier alpha value is 0.150. The first-order chi connectivity index (χ1) is 14.5. The van der Waals surface area contributed by atoms with Crippen LogP contribution < -0.4 is 0 Å². The van der Waals surface area contributed by atoms with Crippen molar-refractivity contribution < 1.29 is 46.5 Å². The van der Waals surface area contributed by atoms with Crippen molar-refractivity contribution in [3.63, 3.8) is 0 Å². The molecule has 0 aromatic rings. The predicted octanol–water partition coefficient (Wildman–Crippen LogP) is 4.95. The molecule has 1 fully saturated rings. The van der Waals surface area contributed by atoms with E-state index in [1.807, 2.05) is 0 Å². The smallest absolute Gasteiger partial charge is 0.390 e. The molecule has 0 aromatic heterocycles. The first kappa shape index (κ1) is 30.2. The van der Waals surface area contributed by atoms with Gasteiger partial charge in [-0.25, -0.2) is 8.88 Å². The van der Waals surface area contributed by atoms with Gasteiger partial charge in [-0.05, 0) is 33.6 Å². The Morgan fingerprint density at radius 3 is 2.12 bits per heavy atom. The third-order valence-electron chi connectivity index (χ3n) is 6.31. The molecule has 1 aliphatic heterocycles. The van der Waals surface area contributed by atoms with E-state index in [1.54, 1.807) is 20.8 Å². The van der Waals surface area contributed by atoms with Crippen LogP contribution in [-0.2, 0) is 36.3 Å². The number of aliphatic hydroxyl groups is 2. The number of phosphoric acid groups is 1. The fourth-order valence-corrected chi connectivity index (χ4v) is 13.3. The van der Waals surface area contributed by atoms with E-state index in [4.69, 9.17) is 22.6 Å². The summed E-state index contributed by atoms with van der Waals surface area (Å²) < 4.78 is 68.0. The van der Waals surface area contributed by atoms with Gasteiger partial charge in [-0.15, -0.1) is 0 Å². The lowest BCUT2D eigenvalue weighted by atomic mass is 10.1. The van der Waals surface area contributed by atoms with Crippen molar-refractivity contribution in [2.24, 2.45) is 0 Å². The fraction of sp³-hybridized carbons (Fsp3) is 0.895. The highest BCUT2D eigenvalue weighted by Gasteiger charge is 2.65. The van der Waals surface area contributed by atoms with Crippen LogP contribution in [0, 0.1) is 0 Å². The van der Waals surface area contributed by atoms with E-state index in [9.17, 15) is 23.9 Å². The lowest BCUT2D eigenvalue weighted by molar-refractivity contribution is -0.0172. The van der Waals surface area contributed by atoms with Gasteiger partial charge in [-0.1, -0.05) is 26.0 Å². The van der Waals surface area contributed by atoms with E-state index in [0.29, 0.717) is 6.42 Å². The molecule has 13 heteroatoms. The Labute approximate surface area is 191 Å². The van der Waals surface area contributed by atoms with Crippen LogP contribution in [0.1, 0.15) is 53.9 Å². The van der Waals surface area contributed by atoms with E-state index >= 15 is 0 Å². The topological polar surface area (TPSA) is 138 Å². The summed E-state index contributed by atoms with van der Waals surface area (Å²) in [5.74, 6) is 0. The summed E-state index contributed by atoms with van der Waals surface area (Å²) in [6.07, 6.45) is -1.16. The van der Waals surface area contributed by atoms with Crippen molar-refractivity contribution in [1.82, 2.24) is 0 Å². The molecule has 8 atom stereocenters. The summed E-state index contributed by atoms with van der Waals surface area (Å²) in [4.78, 5) is -1.90. The zero-order valence-electron chi connectivity index (χ0n) is 20.3. The minimum atomic E-state index is -4.46. The second-order valence-electron chi connectivity index (χ2n) is 8.42. The Bertz CT molecular complexity index is 813. The maximum absolute atomic E-state index is 14.1. The SMILES string of the molecule is C=C(CC)C(C)(P(C)(=O)OP(=O)(OC)OC[C@H]1O[C@@H](C)C[C@H]1O)P(=O)(OC)C(C)(O)CC. The quantitative estimate of drug-likeness (QED) is 0.253. The summed E-state index contributed by atoms with van der Waals surface area (Å²) in [5.41, 5.74) is 0.230. The number of allylic oxidation sites excluding steroid dienone is 1. The zero-order valence-corrected chi connectivity index (χ0v) is 23.0. The summed E-state index contributed by atoms with van der Waals surface area (Å²) in [7, 11) is -10.7. The molecule has 0 saturated carbocycles. The standard InChI is InChI=1S/C19H39O10P3/c1-10-14(3)19(6,31(23,25-7)18(5,21)11-2)30(9,22)29-32(24,26-8)27-13-17-16(20)12-15(4)28-17/h15-17,20-21H,3,10-13H2,1-2,4-9H3/t15-,16+,17+,18?,19?,30?,31?,32?/m0/s1. The molecule has 0 bridgehead atoms. The Kier molecular flexibility index (Phi) is 10.2. The monoisotopic (exact) mass is 520 g/mol. The molecular formula is C19H39O10P3. The molecule has 1 saturated heterocycles. The van der Waals surface area contributed by atoms with Crippen LogP contribution in [0.4, 0.5) is 0 Å². The maximum atomic E-state index is 14.1. The average molecular weight is 520 g/mol. The highest BCUT2D eigenvalue weighted by molar-refractivity contribution is 7.82. The molecule has 0 spiro atoms. The minimum Gasteiger partial charge on any atom is -0.390 e. The number of hydrogen-bond acceptors (Lipinski definition) is 10. The van der Waals surface area contributed by atoms with Crippen molar-refractivity contribution in [3.8, 4) is 0 Å². The van der Waals surface area contributed by atoms with E-state index in [1.165, 1.54) is 13.8 Å². The van der Waals surface area contributed by atoms with Crippen molar-refractivity contribution >= 4 is 22.6 Å². The van der Waals surface area contributed by atoms with Gasteiger partial charge in [0.05, 0.1) is 18.8 Å². The Morgan fingerprint density at radius 1 is 1.19 bits per heavy atom. The molecule has 1 heterocycles. The van der Waals surface area contributed by atoms with Crippen molar-refractivity contribution in [1.29, 1.82) is 0 Å². The van der Waals surface area contributed by atoms with Crippen LogP contribution in [0.3, 0.4) is 0 Å². The van der Waals surface area contributed by atoms with Gasteiger partial charge < -0.3 is 19.5 Å². The van der Waals surface area contributed by atoms with Gasteiger partial charge in [0.15, 0.2) is 0 Å². The predicted molar refractivity (Wildman–Crippen MR) is 124 cm³/mol. The van der Waals surface area contributed by atoms with Crippen LogP contribution in [0.2, 0.25) is 0 Å². The van der Waals surface area contributed by atoms with Crippen LogP contribution in [-0.4, -0.2) is 66.3 Å². The van der Waals surface area contributed by atoms with Gasteiger partial charge in [-0.3, -0.25) is 18.2 Å². The molecule has 190 valence electrons. The fourth-order valence-electron chi connectivity index (χ4n) is 3.75. The lowest BCUT2D eigenvalue weighted by Gasteiger charge is -2.46. The maximum Gasteiger partial charge on any atom is 0.480 e. The second kappa shape index (κ2) is 10.8. The average Bonchev–Trinajstić information content (AvgIpc) is 3.06. The van der Waals surface area contributed by atoms with Gasteiger partial charge in [0.2, 0.25) is 7.37 Å². The molecule has 0 aromatic carbocycles. The summed E-state index contributed by atoms with van der Waals surface area (Å²) in [6, 6.07) is 0. The van der Waals surface area contributed by atoms with Crippen LogP contribution in [0.5, 0.6) is 0 Å². The minimum absolute atomic E-state index is 0.0260. The van der Waals surface area contributed by atoms with E-state index in [0.717, 1.165) is 20.9 Å². The lowest BCUT2D eigenvalue weighted by Crippen LogP contribution is -2.39. The van der Waals surface area contributed by atoms with Crippen LogP contribution in [0.15, 0.2) is 12.2 Å². The second-order valence-corrected chi connectivity index (χ2v) is 16.9. The Morgan fingerprint density at radius 2 is 1.75 bits per heavy atom. The number of phosphoric ester groups is 1. The third kappa shape index (κ3) is 5.52. The normalized spacial score (nSPS) is 31.0. The van der Waals surface area contributed by atoms with E-state index in [2.05, 4.69) is 6.58 Å². The first-order valence-corrected chi connectivity index (χ1v) is 15.7. The molecule has 0 radical (unpaired) electrons. The third-order valence-corrected chi connectivity index (χ3v) is 16.6. The molecular weight excluding hydrogens is 481 g/mol. The summed E-state index contributed by atoms with van der Waals surface area (Å²) in [5, 5.41) is 19.1. The molecule has 32 heavy (non-hydrogen) atoms. The molecule has 5 unspecified atom stereocenters. The Balaban J connectivity index is 3.38. The summed E-state index contributed by atoms with van der Waals surface area (Å²) >= 11 is 0. The van der Waals surface area contributed by atoms with E-state index < -0.39 is 45.0 Å². The number of hydrogen-bond donors (Lipinski definition) is 2. The largest absolute Gasteiger partial charge is 0.480 e. The van der Waals surface area contributed by atoms with Gasteiger partial charge in [0.1, 0.15) is 16.3 Å². The van der Waals surface area contributed by atoms with E-state index in [-0.39, 0.29) is 31.1 Å². The van der Waals surface area contributed by atoms with Crippen LogP contribution >= 0.6 is 22.6 Å². The zero-order chi connectivity index (χ0) is 25.2. The summed E-state index contributed by atoms with van der Waals surface area (Å²) in [6.45, 7) is 12.5. The molecule has 1 aliphatic rings. The first-order valence-electron chi connectivity index (χ1n) is 10.5. The van der Waals surface area contributed by atoms with Crippen LogP contribution in [0.25, 0.3) is 0 Å². The van der Waals surface area contributed by atoms with Gasteiger partial charge in [0, 0.05) is 27.3 Å². The van der Waals surface area contributed by atoms with Crippen molar-refractivity contribution in [3.05, 3.63) is 12.2 Å². The van der Waals surface area contributed by atoms with Crippen molar-refractivity contribution in [2.45, 2.75) is 82.4 Å². The van der Waals surface area contributed by atoms with Gasteiger partial charge >= 0.3 is 7.82 Å². The highest BCUT2D eigenvalue weighted by atomic mass is 31.3. The highest BCUT2D eigenvalue weighted by Crippen LogP contribution is 2.84. The van der Waals surface area contributed by atoms with Gasteiger partial charge in [-0.2, -0.15) is 0 Å².